The first-order valence-electron chi connectivity index (χ1n) is 6.88. The van der Waals surface area contributed by atoms with Crippen LogP contribution in [0.2, 0.25) is 0 Å². The standard InChI is InChI=1S/C16H21N3O2/c1-11(2)21-16-12(5-4-8-18-16)10-19-15-9-13(20-3)6-7-14(15)17/h4-9,11,19H,10,17H2,1-3H3. The van der Waals surface area contributed by atoms with Crippen LogP contribution in [-0.2, 0) is 6.54 Å². The maximum absolute atomic E-state index is 5.96. The Labute approximate surface area is 125 Å². The summed E-state index contributed by atoms with van der Waals surface area (Å²) in [6, 6.07) is 9.38. The maximum atomic E-state index is 5.96. The van der Waals surface area contributed by atoms with Crippen molar-refractivity contribution < 1.29 is 9.47 Å². The van der Waals surface area contributed by atoms with Gasteiger partial charge in [-0.2, -0.15) is 0 Å². The Balaban J connectivity index is 2.13. The van der Waals surface area contributed by atoms with E-state index in [1.165, 1.54) is 0 Å². The average molecular weight is 287 g/mol. The second-order valence-electron chi connectivity index (χ2n) is 4.94. The van der Waals surface area contributed by atoms with Crippen LogP contribution in [0.15, 0.2) is 36.5 Å². The minimum absolute atomic E-state index is 0.0838. The molecule has 0 unspecified atom stereocenters. The van der Waals surface area contributed by atoms with E-state index in [-0.39, 0.29) is 6.10 Å². The molecule has 0 radical (unpaired) electrons. The van der Waals surface area contributed by atoms with Crippen LogP contribution in [0.1, 0.15) is 19.4 Å². The molecule has 2 rings (SSSR count). The summed E-state index contributed by atoms with van der Waals surface area (Å²) in [7, 11) is 1.63. The Morgan fingerprint density at radius 3 is 2.81 bits per heavy atom. The molecule has 0 saturated heterocycles. The number of nitrogens with zero attached hydrogens (tertiary/aromatic N) is 1. The highest BCUT2D eigenvalue weighted by Crippen LogP contribution is 2.26. The first-order valence-corrected chi connectivity index (χ1v) is 6.88. The van der Waals surface area contributed by atoms with Crippen molar-refractivity contribution in [1.82, 2.24) is 4.98 Å². The number of benzene rings is 1. The van der Waals surface area contributed by atoms with Crippen molar-refractivity contribution in [1.29, 1.82) is 0 Å². The summed E-state index contributed by atoms with van der Waals surface area (Å²) >= 11 is 0. The van der Waals surface area contributed by atoms with E-state index < -0.39 is 0 Å². The number of rotatable bonds is 6. The highest BCUT2D eigenvalue weighted by molar-refractivity contribution is 5.68. The van der Waals surface area contributed by atoms with Crippen molar-refractivity contribution in [2.24, 2.45) is 0 Å². The topological polar surface area (TPSA) is 69.4 Å². The van der Waals surface area contributed by atoms with Gasteiger partial charge in [-0.3, -0.25) is 0 Å². The van der Waals surface area contributed by atoms with Crippen LogP contribution in [0, 0.1) is 0 Å². The summed E-state index contributed by atoms with van der Waals surface area (Å²) in [6.07, 6.45) is 1.81. The second kappa shape index (κ2) is 6.83. The van der Waals surface area contributed by atoms with Gasteiger partial charge in [0.25, 0.3) is 0 Å². The fourth-order valence-corrected chi connectivity index (χ4v) is 1.89. The predicted octanol–water partition coefficient (Wildman–Crippen LogP) is 3.07. The summed E-state index contributed by atoms with van der Waals surface area (Å²) in [5.41, 5.74) is 8.44. The van der Waals surface area contributed by atoms with E-state index >= 15 is 0 Å². The lowest BCUT2D eigenvalue weighted by atomic mass is 10.2. The number of nitrogens with two attached hydrogens (primary N) is 1. The van der Waals surface area contributed by atoms with Crippen LogP contribution in [0.25, 0.3) is 0 Å². The molecule has 21 heavy (non-hydrogen) atoms. The van der Waals surface area contributed by atoms with Crippen molar-refractivity contribution in [3.8, 4) is 11.6 Å². The van der Waals surface area contributed by atoms with Gasteiger partial charge >= 0.3 is 0 Å². The number of hydrogen-bond acceptors (Lipinski definition) is 5. The molecular formula is C16H21N3O2. The quantitative estimate of drug-likeness (QED) is 0.799. The zero-order valence-electron chi connectivity index (χ0n) is 12.6. The van der Waals surface area contributed by atoms with Crippen molar-refractivity contribution in [2.45, 2.75) is 26.5 Å². The number of methoxy groups -OCH3 is 1. The molecule has 5 heteroatoms. The molecule has 1 aromatic heterocycles. The number of aromatic nitrogens is 1. The highest BCUT2D eigenvalue weighted by atomic mass is 16.5. The molecule has 0 aliphatic carbocycles. The van der Waals surface area contributed by atoms with Gasteiger partial charge in [0.1, 0.15) is 5.75 Å². The summed E-state index contributed by atoms with van der Waals surface area (Å²) < 4.78 is 10.9. The molecule has 5 nitrogen and oxygen atoms in total. The Kier molecular flexibility index (Phi) is 4.87. The van der Waals surface area contributed by atoms with Crippen LogP contribution in [0.4, 0.5) is 11.4 Å². The third kappa shape index (κ3) is 4.02. The van der Waals surface area contributed by atoms with E-state index in [2.05, 4.69) is 10.3 Å². The Morgan fingerprint density at radius 2 is 2.10 bits per heavy atom. The first kappa shape index (κ1) is 15.0. The van der Waals surface area contributed by atoms with Gasteiger partial charge in [0.2, 0.25) is 5.88 Å². The molecule has 2 aromatic rings. The Hall–Kier alpha value is -2.43. The van der Waals surface area contributed by atoms with E-state index in [1.54, 1.807) is 13.3 Å². The van der Waals surface area contributed by atoms with Crippen LogP contribution in [0.5, 0.6) is 11.6 Å². The third-order valence-electron chi connectivity index (χ3n) is 2.93. The predicted molar refractivity (Wildman–Crippen MR) is 84.7 cm³/mol. The van der Waals surface area contributed by atoms with Crippen LogP contribution in [-0.4, -0.2) is 18.2 Å². The smallest absolute Gasteiger partial charge is 0.218 e. The second-order valence-corrected chi connectivity index (χ2v) is 4.94. The lowest BCUT2D eigenvalue weighted by Crippen LogP contribution is -2.11. The largest absolute Gasteiger partial charge is 0.497 e. The minimum Gasteiger partial charge on any atom is -0.497 e. The van der Waals surface area contributed by atoms with Crippen LogP contribution >= 0.6 is 0 Å². The number of nitrogen functional groups attached to an aromatic ring is 1. The van der Waals surface area contributed by atoms with Gasteiger partial charge in [0.15, 0.2) is 0 Å². The van der Waals surface area contributed by atoms with E-state index in [1.807, 2.05) is 44.2 Å². The Bertz CT molecular complexity index is 600. The van der Waals surface area contributed by atoms with E-state index in [9.17, 15) is 0 Å². The van der Waals surface area contributed by atoms with Gasteiger partial charge in [0.05, 0.1) is 24.6 Å². The zero-order chi connectivity index (χ0) is 15.2. The lowest BCUT2D eigenvalue weighted by Gasteiger charge is -2.15. The summed E-state index contributed by atoms with van der Waals surface area (Å²) in [5, 5.41) is 3.29. The van der Waals surface area contributed by atoms with Gasteiger partial charge in [0, 0.05) is 24.4 Å². The molecule has 1 aromatic carbocycles. The van der Waals surface area contributed by atoms with Crippen molar-refractivity contribution in [3.63, 3.8) is 0 Å². The minimum atomic E-state index is 0.0838. The fourth-order valence-electron chi connectivity index (χ4n) is 1.89. The Morgan fingerprint density at radius 1 is 1.29 bits per heavy atom. The highest BCUT2D eigenvalue weighted by Gasteiger charge is 2.08. The zero-order valence-corrected chi connectivity index (χ0v) is 12.6. The fraction of sp³-hybridized carbons (Fsp3) is 0.312. The molecular weight excluding hydrogens is 266 g/mol. The molecule has 3 N–H and O–H groups in total. The average Bonchev–Trinajstić information content (AvgIpc) is 2.47. The lowest BCUT2D eigenvalue weighted by molar-refractivity contribution is 0.230. The molecule has 0 bridgehead atoms. The molecule has 0 amide bonds. The molecule has 0 fully saturated rings. The van der Waals surface area contributed by atoms with Crippen molar-refractivity contribution in [3.05, 3.63) is 42.1 Å². The molecule has 1 heterocycles. The van der Waals surface area contributed by atoms with Crippen molar-refractivity contribution in [2.75, 3.05) is 18.2 Å². The maximum Gasteiger partial charge on any atom is 0.218 e. The van der Waals surface area contributed by atoms with Gasteiger partial charge < -0.3 is 20.5 Å². The van der Waals surface area contributed by atoms with Gasteiger partial charge in [-0.05, 0) is 32.0 Å². The molecule has 0 saturated carbocycles. The molecule has 0 atom stereocenters. The summed E-state index contributed by atoms with van der Waals surface area (Å²) in [6.45, 7) is 4.53. The monoisotopic (exact) mass is 287 g/mol. The molecule has 0 spiro atoms. The van der Waals surface area contributed by atoms with Gasteiger partial charge in [-0.1, -0.05) is 6.07 Å². The normalized spacial score (nSPS) is 10.5. The number of ether oxygens (including phenoxy) is 2. The number of anilines is 2. The number of nitrogens with one attached hydrogen (secondary N) is 1. The SMILES string of the molecule is COc1ccc(N)c(NCc2cccnc2OC(C)C)c1. The van der Waals surface area contributed by atoms with E-state index in [4.69, 9.17) is 15.2 Å². The number of hydrogen-bond donors (Lipinski definition) is 2. The summed E-state index contributed by atoms with van der Waals surface area (Å²) in [5.74, 6) is 1.40. The molecule has 112 valence electrons. The van der Waals surface area contributed by atoms with E-state index in [0.29, 0.717) is 18.1 Å². The number of pyridine rings is 1. The molecule has 0 aliphatic rings. The molecule has 0 aliphatic heterocycles. The van der Waals surface area contributed by atoms with Crippen LogP contribution in [0.3, 0.4) is 0 Å². The summed E-state index contributed by atoms with van der Waals surface area (Å²) in [4.78, 5) is 4.27. The van der Waals surface area contributed by atoms with Crippen molar-refractivity contribution >= 4 is 11.4 Å². The first-order chi connectivity index (χ1) is 10.1. The van der Waals surface area contributed by atoms with Gasteiger partial charge in [-0.15, -0.1) is 0 Å². The van der Waals surface area contributed by atoms with E-state index in [0.717, 1.165) is 17.0 Å². The third-order valence-corrected chi connectivity index (χ3v) is 2.93. The van der Waals surface area contributed by atoms with Crippen LogP contribution < -0.4 is 20.5 Å². The van der Waals surface area contributed by atoms with Gasteiger partial charge in [-0.25, -0.2) is 4.98 Å².